The Balaban J connectivity index is 1.32. The lowest BCUT2D eigenvalue weighted by molar-refractivity contribution is 0.481. The molecule has 0 saturated carbocycles. The summed E-state index contributed by atoms with van der Waals surface area (Å²) in [7, 11) is -13.6. The summed E-state index contributed by atoms with van der Waals surface area (Å²) in [5, 5.41) is 35.2. The first-order chi connectivity index (χ1) is 28.9. The standard InChI is InChI=1S/C38H26ClN9O9S4/c1-21-31(20-40)35(41-25-10-14-28(15-11-25)59(49,50)51)44-36(42-26-12-16-29(17-13-26)60(52,53)54)33(21)46-48-38-43-34(22-6-8-24(39)9-7-22)37(58-38)47-45-27-18-23-4-2-3-5-30(23)32(19-27)61(55,56)57/h2-19H,1H3,(H2,41,42,44)(H,49,50,51)(H,52,53,54)(H,55,56,57). The highest BCUT2D eigenvalue weighted by atomic mass is 35.5. The van der Waals surface area contributed by atoms with Crippen molar-refractivity contribution in [3.8, 4) is 17.3 Å². The molecule has 0 radical (unpaired) electrons. The number of anilines is 4. The van der Waals surface area contributed by atoms with Crippen molar-refractivity contribution < 1.29 is 38.9 Å². The summed E-state index contributed by atoms with van der Waals surface area (Å²) >= 11 is 7.11. The molecule has 0 amide bonds. The third kappa shape index (κ3) is 9.75. The molecular weight excluding hydrogens is 890 g/mol. The quantitative estimate of drug-likeness (QED) is 0.0563. The number of nitriles is 1. The fraction of sp³-hybridized carbons (Fsp3) is 0.0263. The van der Waals surface area contributed by atoms with Crippen LogP contribution in [0.4, 0.5) is 44.5 Å². The number of benzene rings is 5. The minimum absolute atomic E-state index is 0.00317. The smallest absolute Gasteiger partial charge is 0.295 e. The predicted molar refractivity (Wildman–Crippen MR) is 227 cm³/mol. The molecule has 5 aromatic carbocycles. The van der Waals surface area contributed by atoms with Gasteiger partial charge in [0.1, 0.15) is 22.3 Å². The van der Waals surface area contributed by atoms with Crippen LogP contribution in [0.1, 0.15) is 11.1 Å². The highest BCUT2D eigenvalue weighted by molar-refractivity contribution is 7.86. The Bertz CT molecular complexity index is 3300. The number of azo groups is 2. The molecule has 0 unspecified atom stereocenters. The summed E-state index contributed by atoms with van der Waals surface area (Å²) in [5.41, 5.74) is 1.88. The zero-order valence-electron chi connectivity index (χ0n) is 30.8. The van der Waals surface area contributed by atoms with Crippen LogP contribution in [0.2, 0.25) is 5.02 Å². The minimum atomic E-state index is -4.63. The van der Waals surface area contributed by atoms with Gasteiger partial charge in [0.15, 0.2) is 16.6 Å². The first-order valence-corrected chi connectivity index (χ1v) is 22.6. The summed E-state index contributed by atoms with van der Waals surface area (Å²) < 4.78 is 99.9. The average Bonchev–Trinajstić information content (AvgIpc) is 3.62. The van der Waals surface area contributed by atoms with Crippen LogP contribution in [-0.2, 0) is 30.4 Å². The fourth-order valence-electron chi connectivity index (χ4n) is 5.76. The van der Waals surface area contributed by atoms with Crippen molar-refractivity contribution in [2.45, 2.75) is 21.6 Å². The second kappa shape index (κ2) is 16.8. The van der Waals surface area contributed by atoms with E-state index in [0.29, 0.717) is 27.4 Å². The third-order valence-corrected chi connectivity index (χ3v) is 12.4. The topological polar surface area (TPSA) is 286 Å². The van der Waals surface area contributed by atoms with Gasteiger partial charge in [-0.2, -0.15) is 30.5 Å². The maximum atomic E-state index is 12.3. The zero-order valence-corrected chi connectivity index (χ0v) is 34.8. The molecule has 18 nitrogen and oxygen atoms in total. The van der Waals surface area contributed by atoms with Gasteiger partial charge in [0.2, 0.25) is 5.13 Å². The molecule has 2 heterocycles. The van der Waals surface area contributed by atoms with Crippen molar-refractivity contribution in [3.63, 3.8) is 0 Å². The summed E-state index contributed by atoms with van der Waals surface area (Å²) in [5.74, 6) is 0.0145. The summed E-state index contributed by atoms with van der Waals surface area (Å²) in [4.78, 5) is 8.12. The van der Waals surface area contributed by atoms with E-state index in [1.165, 1.54) is 30.3 Å². The van der Waals surface area contributed by atoms with E-state index < -0.39 is 30.4 Å². The summed E-state index contributed by atoms with van der Waals surface area (Å²) in [6.45, 7) is 1.57. The van der Waals surface area contributed by atoms with Crippen LogP contribution in [0.15, 0.2) is 144 Å². The second-order valence-electron chi connectivity index (χ2n) is 12.7. The van der Waals surface area contributed by atoms with Gasteiger partial charge in [0, 0.05) is 32.9 Å². The van der Waals surface area contributed by atoms with Crippen LogP contribution in [0.25, 0.3) is 22.0 Å². The van der Waals surface area contributed by atoms with Crippen LogP contribution >= 0.6 is 22.9 Å². The predicted octanol–water partition coefficient (Wildman–Crippen LogP) is 10.2. The molecule has 0 fully saturated rings. The van der Waals surface area contributed by atoms with Gasteiger partial charge in [0.05, 0.1) is 21.0 Å². The molecule has 0 aliphatic carbocycles. The molecule has 2 aromatic heterocycles. The molecular formula is C38H26ClN9O9S4. The first kappa shape index (κ1) is 42.6. The SMILES string of the molecule is Cc1c(C#N)c(Nc2ccc(S(=O)(=O)O)cc2)nc(Nc2ccc(S(=O)(=O)O)cc2)c1N=Nc1nc(-c2ccc(Cl)cc2)c(N=Nc2cc(S(=O)(=O)O)c3ccccc3c2)s1. The normalized spacial score (nSPS) is 12.3. The molecule has 5 N–H and O–H groups in total. The van der Waals surface area contributed by atoms with Crippen LogP contribution in [0.5, 0.6) is 0 Å². The highest BCUT2D eigenvalue weighted by Crippen LogP contribution is 2.43. The number of hydrogen-bond acceptors (Lipinski definition) is 16. The highest BCUT2D eigenvalue weighted by Gasteiger charge is 2.21. The van der Waals surface area contributed by atoms with Gasteiger partial charge in [-0.1, -0.05) is 59.3 Å². The number of fused-ring (bicyclic) bond motifs is 1. The van der Waals surface area contributed by atoms with E-state index in [9.17, 15) is 44.2 Å². The van der Waals surface area contributed by atoms with Crippen LogP contribution in [0, 0.1) is 18.3 Å². The number of pyridine rings is 1. The molecule has 7 rings (SSSR count). The molecule has 7 aromatic rings. The van der Waals surface area contributed by atoms with Crippen molar-refractivity contribution in [1.82, 2.24) is 9.97 Å². The largest absolute Gasteiger partial charge is 0.339 e. The minimum Gasteiger partial charge on any atom is -0.339 e. The monoisotopic (exact) mass is 915 g/mol. The molecule has 0 spiro atoms. The van der Waals surface area contributed by atoms with E-state index in [2.05, 4.69) is 47.1 Å². The third-order valence-electron chi connectivity index (χ3n) is 8.65. The van der Waals surface area contributed by atoms with E-state index in [-0.39, 0.29) is 70.0 Å². The van der Waals surface area contributed by atoms with Crippen LogP contribution in [0.3, 0.4) is 0 Å². The Labute approximate surface area is 356 Å². The molecule has 0 saturated heterocycles. The molecule has 0 atom stereocenters. The van der Waals surface area contributed by atoms with E-state index >= 15 is 0 Å². The van der Waals surface area contributed by atoms with Crippen LogP contribution in [-0.4, -0.2) is 48.9 Å². The molecule has 0 bridgehead atoms. The van der Waals surface area contributed by atoms with Gasteiger partial charge >= 0.3 is 0 Å². The number of halogens is 1. The van der Waals surface area contributed by atoms with Crippen molar-refractivity contribution in [3.05, 3.63) is 125 Å². The zero-order chi connectivity index (χ0) is 43.7. The van der Waals surface area contributed by atoms with Gasteiger partial charge in [-0.3, -0.25) is 13.7 Å². The van der Waals surface area contributed by atoms with Gasteiger partial charge in [-0.25, -0.2) is 9.97 Å². The lowest BCUT2D eigenvalue weighted by Crippen LogP contribution is -2.05. The van der Waals surface area contributed by atoms with E-state index in [4.69, 9.17) is 11.6 Å². The molecule has 0 aliphatic heterocycles. The lowest BCUT2D eigenvalue weighted by atomic mass is 10.1. The van der Waals surface area contributed by atoms with Crippen molar-refractivity contribution in [1.29, 1.82) is 5.26 Å². The molecule has 0 aliphatic rings. The maximum Gasteiger partial charge on any atom is 0.295 e. The fourth-order valence-corrected chi connectivity index (χ4v) is 8.31. The van der Waals surface area contributed by atoms with Gasteiger partial charge in [0.25, 0.3) is 30.4 Å². The first-order valence-electron chi connectivity index (χ1n) is 17.1. The van der Waals surface area contributed by atoms with Crippen LogP contribution < -0.4 is 10.6 Å². The number of rotatable bonds is 12. The second-order valence-corrected chi connectivity index (χ2v) is 18.3. The Hall–Kier alpha value is -6.55. The summed E-state index contributed by atoms with van der Waals surface area (Å²) in [6, 6.07) is 28.0. The van der Waals surface area contributed by atoms with E-state index in [1.54, 1.807) is 61.5 Å². The van der Waals surface area contributed by atoms with E-state index in [1.807, 2.05) is 0 Å². The average molecular weight is 916 g/mol. The van der Waals surface area contributed by atoms with Gasteiger partial charge in [-0.15, -0.1) is 20.5 Å². The van der Waals surface area contributed by atoms with Crippen molar-refractivity contribution in [2.24, 2.45) is 20.5 Å². The van der Waals surface area contributed by atoms with Gasteiger partial charge in [-0.05, 0) is 85.1 Å². The number of nitrogens with one attached hydrogen (secondary N) is 2. The molecule has 61 heavy (non-hydrogen) atoms. The number of nitrogens with zero attached hydrogens (tertiary/aromatic N) is 7. The van der Waals surface area contributed by atoms with Crippen molar-refractivity contribution >= 4 is 109 Å². The van der Waals surface area contributed by atoms with E-state index in [0.717, 1.165) is 35.6 Å². The van der Waals surface area contributed by atoms with Gasteiger partial charge < -0.3 is 10.6 Å². The van der Waals surface area contributed by atoms with Crippen molar-refractivity contribution in [2.75, 3.05) is 10.6 Å². The number of thiazole rings is 1. The summed E-state index contributed by atoms with van der Waals surface area (Å²) in [6.07, 6.45) is 0. The Morgan fingerprint density at radius 2 is 1.28 bits per heavy atom. The Kier molecular flexibility index (Phi) is 11.8. The lowest BCUT2D eigenvalue weighted by Gasteiger charge is -2.16. The molecule has 23 heteroatoms. The molecule has 308 valence electrons. The Morgan fingerprint density at radius 1 is 0.689 bits per heavy atom. The number of aromatic nitrogens is 2. The Morgan fingerprint density at radius 3 is 1.85 bits per heavy atom. The number of hydrogen-bond donors (Lipinski definition) is 5. The maximum absolute atomic E-state index is 12.3.